The molecule has 2 aromatic carbocycles. The SMILES string of the molecule is CC(C)C[C@H](NC(=O)CC(O)[C@H](CC(C)C)NC(=O)C/C=C/[C@H](Cc1ccccc1)NC(=O)OC(C)(C)C)C(=O)NCc1ccccc1. The molecule has 1 unspecified atom stereocenters. The van der Waals surface area contributed by atoms with Crippen LogP contribution in [0.4, 0.5) is 4.79 Å². The molecular formula is C38H56N4O6. The van der Waals surface area contributed by atoms with E-state index in [4.69, 9.17) is 4.74 Å². The van der Waals surface area contributed by atoms with E-state index in [0.717, 1.165) is 11.1 Å². The molecule has 0 aliphatic rings. The zero-order valence-corrected chi connectivity index (χ0v) is 29.6. The Hall–Kier alpha value is -4.18. The number of amides is 4. The maximum Gasteiger partial charge on any atom is 0.408 e. The summed E-state index contributed by atoms with van der Waals surface area (Å²) in [5.74, 6) is -0.807. The van der Waals surface area contributed by atoms with E-state index in [0.29, 0.717) is 25.8 Å². The number of rotatable bonds is 18. The quantitative estimate of drug-likeness (QED) is 0.139. The second-order valence-corrected chi connectivity index (χ2v) is 14.1. The second kappa shape index (κ2) is 20.2. The Labute approximate surface area is 286 Å². The first kappa shape index (κ1) is 40.0. The Kier molecular flexibility index (Phi) is 16.9. The van der Waals surface area contributed by atoms with Crippen molar-refractivity contribution in [2.24, 2.45) is 11.8 Å². The van der Waals surface area contributed by atoms with Crippen molar-refractivity contribution >= 4 is 23.8 Å². The van der Waals surface area contributed by atoms with Crippen LogP contribution in [0.2, 0.25) is 0 Å². The highest BCUT2D eigenvalue weighted by Crippen LogP contribution is 2.14. The van der Waals surface area contributed by atoms with Crippen LogP contribution in [0.3, 0.4) is 0 Å². The van der Waals surface area contributed by atoms with Crippen LogP contribution in [0.15, 0.2) is 72.8 Å². The summed E-state index contributed by atoms with van der Waals surface area (Å²) in [6, 6.07) is 17.3. The van der Waals surface area contributed by atoms with E-state index in [1.165, 1.54) is 0 Å². The van der Waals surface area contributed by atoms with Gasteiger partial charge in [-0.05, 0) is 63.0 Å². The molecule has 0 spiro atoms. The zero-order chi connectivity index (χ0) is 35.7. The highest BCUT2D eigenvalue weighted by atomic mass is 16.6. The van der Waals surface area contributed by atoms with Gasteiger partial charge in [0, 0.05) is 13.0 Å². The number of aliphatic hydroxyl groups excluding tert-OH is 1. The average molecular weight is 665 g/mol. The minimum absolute atomic E-state index is 0.00679. The maximum atomic E-state index is 13.1. The van der Waals surface area contributed by atoms with Gasteiger partial charge >= 0.3 is 6.09 Å². The molecule has 10 heteroatoms. The Balaban J connectivity index is 2.01. The van der Waals surface area contributed by atoms with E-state index in [1.54, 1.807) is 32.9 Å². The van der Waals surface area contributed by atoms with Crippen LogP contribution in [0.1, 0.15) is 85.3 Å². The van der Waals surface area contributed by atoms with Crippen LogP contribution in [-0.2, 0) is 32.1 Å². The molecule has 48 heavy (non-hydrogen) atoms. The van der Waals surface area contributed by atoms with Crippen molar-refractivity contribution < 1.29 is 29.0 Å². The third kappa shape index (κ3) is 17.1. The molecule has 264 valence electrons. The highest BCUT2D eigenvalue weighted by molar-refractivity contribution is 5.87. The van der Waals surface area contributed by atoms with Crippen molar-refractivity contribution in [2.75, 3.05) is 0 Å². The third-order valence-corrected chi connectivity index (χ3v) is 7.27. The normalized spacial score (nSPS) is 14.2. The van der Waals surface area contributed by atoms with E-state index in [1.807, 2.05) is 88.4 Å². The molecule has 5 N–H and O–H groups in total. The topological polar surface area (TPSA) is 146 Å². The molecular weight excluding hydrogens is 608 g/mol. The van der Waals surface area contributed by atoms with Gasteiger partial charge in [-0.15, -0.1) is 0 Å². The summed E-state index contributed by atoms with van der Waals surface area (Å²) in [6.07, 6.45) is 2.85. The van der Waals surface area contributed by atoms with Crippen molar-refractivity contribution in [3.05, 3.63) is 83.9 Å². The van der Waals surface area contributed by atoms with Gasteiger partial charge in [0.15, 0.2) is 0 Å². The van der Waals surface area contributed by atoms with Crippen LogP contribution >= 0.6 is 0 Å². The van der Waals surface area contributed by atoms with Crippen LogP contribution in [-0.4, -0.2) is 58.8 Å². The Morgan fingerprint density at radius 2 is 1.38 bits per heavy atom. The monoisotopic (exact) mass is 664 g/mol. The number of alkyl carbamates (subject to hydrolysis) is 1. The largest absolute Gasteiger partial charge is 0.444 e. The van der Waals surface area contributed by atoms with E-state index < -0.39 is 41.8 Å². The van der Waals surface area contributed by atoms with Gasteiger partial charge in [0.2, 0.25) is 17.7 Å². The molecule has 2 aromatic rings. The number of carbonyl (C=O) groups is 4. The first-order valence-electron chi connectivity index (χ1n) is 16.9. The number of hydrogen-bond acceptors (Lipinski definition) is 6. The van der Waals surface area contributed by atoms with Gasteiger partial charge in [0.25, 0.3) is 0 Å². The van der Waals surface area contributed by atoms with Crippen LogP contribution in [0.25, 0.3) is 0 Å². The lowest BCUT2D eigenvalue weighted by Gasteiger charge is -2.26. The number of ether oxygens (including phenoxy) is 1. The van der Waals surface area contributed by atoms with Crippen LogP contribution in [0, 0.1) is 11.8 Å². The van der Waals surface area contributed by atoms with Gasteiger partial charge in [0.05, 0.1) is 24.6 Å². The summed E-state index contributed by atoms with van der Waals surface area (Å²) in [5, 5.41) is 22.5. The molecule has 0 aliphatic carbocycles. The minimum atomic E-state index is -1.16. The highest BCUT2D eigenvalue weighted by Gasteiger charge is 2.27. The lowest BCUT2D eigenvalue weighted by atomic mass is 9.96. The lowest BCUT2D eigenvalue weighted by molar-refractivity contribution is -0.131. The van der Waals surface area contributed by atoms with Gasteiger partial charge in [-0.3, -0.25) is 14.4 Å². The lowest BCUT2D eigenvalue weighted by Crippen LogP contribution is -2.50. The first-order valence-corrected chi connectivity index (χ1v) is 16.9. The average Bonchev–Trinajstić information content (AvgIpc) is 2.98. The van der Waals surface area contributed by atoms with Crippen molar-refractivity contribution in [2.45, 2.75) is 117 Å². The number of aliphatic hydroxyl groups is 1. The molecule has 0 aromatic heterocycles. The summed E-state index contributed by atoms with van der Waals surface area (Å²) >= 11 is 0. The van der Waals surface area contributed by atoms with Gasteiger partial charge in [-0.25, -0.2) is 4.79 Å². The Morgan fingerprint density at radius 3 is 1.94 bits per heavy atom. The van der Waals surface area contributed by atoms with Gasteiger partial charge in [0.1, 0.15) is 11.6 Å². The molecule has 0 fully saturated rings. The maximum absolute atomic E-state index is 13.1. The van der Waals surface area contributed by atoms with E-state index in [-0.39, 0.29) is 36.5 Å². The third-order valence-electron chi connectivity index (χ3n) is 7.27. The number of carbonyl (C=O) groups excluding carboxylic acids is 4. The van der Waals surface area contributed by atoms with Crippen LogP contribution < -0.4 is 21.3 Å². The summed E-state index contributed by atoms with van der Waals surface area (Å²) in [4.78, 5) is 51.5. The standard InChI is InChI=1S/C38H56N4O6/c1-26(2)21-31(33(43)24-35(45)42-32(22-27(3)4)36(46)39-25-29-17-12-9-13-18-29)41-34(44)20-14-19-30(23-28-15-10-8-11-16-28)40-37(47)48-38(5,6)7/h8-19,26-27,30-33,43H,20-25H2,1-7H3,(H,39,46)(H,40,47)(H,41,44)(H,42,45)/b19-14+/t30-,31+,32+,33?/m1/s1. The molecule has 0 bridgehead atoms. The molecule has 0 radical (unpaired) electrons. The van der Waals surface area contributed by atoms with Crippen molar-refractivity contribution in [1.29, 1.82) is 0 Å². The Bertz CT molecular complexity index is 1310. The molecule has 0 heterocycles. The van der Waals surface area contributed by atoms with Crippen molar-refractivity contribution in [1.82, 2.24) is 21.3 Å². The smallest absolute Gasteiger partial charge is 0.408 e. The van der Waals surface area contributed by atoms with E-state index in [9.17, 15) is 24.3 Å². The summed E-state index contributed by atoms with van der Waals surface area (Å²) in [5.41, 5.74) is 1.30. The molecule has 2 rings (SSSR count). The summed E-state index contributed by atoms with van der Waals surface area (Å²) in [7, 11) is 0. The summed E-state index contributed by atoms with van der Waals surface area (Å²) in [6.45, 7) is 13.6. The number of hydrogen-bond donors (Lipinski definition) is 5. The molecule has 0 saturated carbocycles. The van der Waals surface area contributed by atoms with Crippen molar-refractivity contribution in [3.63, 3.8) is 0 Å². The van der Waals surface area contributed by atoms with Crippen molar-refractivity contribution in [3.8, 4) is 0 Å². The fourth-order valence-corrected chi connectivity index (χ4v) is 5.12. The second-order valence-electron chi connectivity index (χ2n) is 14.1. The molecule has 10 nitrogen and oxygen atoms in total. The Morgan fingerprint density at radius 1 is 0.792 bits per heavy atom. The van der Waals surface area contributed by atoms with E-state index in [2.05, 4.69) is 21.3 Å². The van der Waals surface area contributed by atoms with E-state index >= 15 is 0 Å². The number of nitrogens with one attached hydrogen (secondary N) is 4. The molecule has 4 amide bonds. The van der Waals surface area contributed by atoms with Crippen LogP contribution in [0.5, 0.6) is 0 Å². The summed E-state index contributed by atoms with van der Waals surface area (Å²) < 4.78 is 5.42. The predicted molar refractivity (Wildman–Crippen MR) is 189 cm³/mol. The fraction of sp³-hybridized carbons (Fsp3) is 0.526. The first-order chi connectivity index (χ1) is 22.6. The molecule has 4 atom stereocenters. The number of benzene rings is 2. The van der Waals surface area contributed by atoms with Gasteiger partial charge < -0.3 is 31.1 Å². The fourth-order valence-electron chi connectivity index (χ4n) is 5.12. The predicted octanol–water partition coefficient (Wildman–Crippen LogP) is 5.20. The van der Waals surface area contributed by atoms with Gasteiger partial charge in [-0.2, -0.15) is 0 Å². The van der Waals surface area contributed by atoms with Gasteiger partial charge in [-0.1, -0.05) is 101 Å². The minimum Gasteiger partial charge on any atom is -0.444 e. The molecule has 0 saturated heterocycles. The molecule has 0 aliphatic heterocycles. The zero-order valence-electron chi connectivity index (χ0n) is 29.6.